The molecule has 140 valence electrons. The number of hydrogen-bond acceptors (Lipinski definition) is 6. The van der Waals surface area contributed by atoms with Crippen molar-refractivity contribution in [2.75, 3.05) is 39.1 Å². The van der Waals surface area contributed by atoms with E-state index < -0.39 is 0 Å². The van der Waals surface area contributed by atoms with Gasteiger partial charge in [-0.25, -0.2) is 0 Å². The van der Waals surface area contributed by atoms with Gasteiger partial charge in [-0.1, -0.05) is 0 Å². The number of benzene rings is 2. The molecule has 1 heterocycles. The first-order valence-electron chi connectivity index (χ1n) is 8.60. The number of rotatable bonds is 6. The van der Waals surface area contributed by atoms with Crippen molar-refractivity contribution < 1.29 is 18.9 Å². The number of fused-ring (bicyclic) bond motifs is 1. The van der Waals surface area contributed by atoms with Crippen LogP contribution in [0.15, 0.2) is 30.3 Å². The van der Waals surface area contributed by atoms with Crippen LogP contribution in [-0.4, -0.2) is 34.5 Å². The Morgan fingerprint density at radius 1 is 0.846 bits per heavy atom. The average Bonchev–Trinajstić information content (AvgIpc) is 2.66. The van der Waals surface area contributed by atoms with Gasteiger partial charge < -0.3 is 29.6 Å². The van der Waals surface area contributed by atoms with Crippen LogP contribution in [0.3, 0.4) is 0 Å². The Morgan fingerprint density at radius 2 is 1.46 bits per heavy atom. The minimum absolute atomic E-state index is 0.138. The Labute approximate surface area is 154 Å². The lowest BCUT2D eigenvalue weighted by molar-refractivity contribution is 0.354. The summed E-state index contributed by atoms with van der Waals surface area (Å²) in [6.45, 7) is 2.17. The molecule has 26 heavy (non-hydrogen) atoms. The van der Waals surface area contributed by atoms with Crippen LogP contribution in [0.1, 0.15) is 24.9 Å². The molecule has 1 aliphatic rings. The summed E-state index contributed by atoms with van der Waals surface area (Å²) in [4.78, 5) is 0. The van der Waals surface area contributed by atoms with Crippen molar-refractivity contribution in [1.82, 2.24) is 0 Å². The van der Waals surface area contributed by atoms with Gasteiger partial charge in [0.15, 0.2) is 23.0 Å². The summed E-state index contributed by atoms with van der Waals surface area (Å²) in [7, 11) is 6.58. The molecule has 0 bridgehead atoms. The van der Waals surface area contributed by atoms with Gasteiger partial charge in [-0.15, -0.1) is 0 Å². The summed E-state index contributed by atoms with van der Waals surface area (Å²) in [6.07, 6.45) is 0.941. The van der Waals surface area contributed by atoms with Crippen LogP contribution in [0.4, 0.5) is 11.4 Å². The summed E-state index contributed by atoms with van der Waals surface area (Å²) < 4.78 is 21.6. The third kappa shape index (κ3) is 3.45. The topological polar surface area (TPSA) is 61.0 Å². The zero-order valence-electron chi connectivity index (χ0n) is 15.9. The fourth-order valence-corrected chi connectivity index (χ4v) is 3.38. The first kappa shape index (κ1) is 18.0. The molecule has 0 radical (unpaired) electrons. The zero-order valence-corrected chi connectivity index (χ0v) is 15.9. The predicted octanol–water partition coefficient (Wildman–Crippen LogP) is 4.08. The molecule has 0 aliphatic carbocycles. The van der Waals surface area contributed by atoms with Crippen molar-refractivity contribution in [1.29, 1.82) is 0 Å². The third-order valence-corrected chi connectivity index (χ3v) is 4.65. The molecule has 3 rings (SSSR count). The van der Waals surface area contributed by atoms with Crippen LogP contribution >= 0.6 is 0 Å². The lowest BCUT2D eigenvalue weighted by Crippen LogP contribution is -2.29. The van der Waals surface area contributed by atoms with E-state index in [0.29, 0.717) is 17.5 Å². The summed E-state index contributed by atoms with van der Waals surface area (Å²) in [5, 5.41) is 7.13. The molecule has 0 fully saturated rings. The van der Waals surface area contributed by atoms with Gasteiger partial charge in [0, 0.05) is 35.1 Å². The van der Waals surface area contributed by atoms with Crippen LogP contribution in [-0.2, 0) is 0 Å². The normalized spacial score (nSPS) is 18.3. The smallest absolute Gasteiger partial charge is 0.162 e. The number of methoxy groups -OCH3 is 4. The van der Waals surface area contributed by atoms with Gasteiger partial charge >= 0.3 is 0 Å². The summed E-state index contributed by atoms with van der Waals surface area (Å²) in [5.74, 6) is 2.86. The Kier molecular flexibility index (Phi) is 5.30. The van der Waals surface area contributed by atoms with E-state index in [1.165, 1.54) is 0 Å². The predicted molar refractivity (Wildman–Crippen MR) is 103 cm³/mol. The largest absolute Gasteiger partial charge is 0.493 e. The molecule has 0 aromatic heterocycles. The van der Waals surface area contributed by atoms with E-state index in [0.717, 1.165) is 34.9 Å². The Hall–Kier alpha value is -2.76. The van der Waals surface area contributed by atoms with Crippen LogP contribution in [0.2, 0.25) is 0 Å². The van der Waals surface area contributed by atoms with E-state index in [2.05, 4.69) is 17.6 Å². The highest BCUT2D eigenvalue weighted by molar-refractivity contribution is 5.65. The summed E-state index contributed by atoms with van der Waals surface area (Å²) >= 11 is 0. The fraction of sp³-hybridized carbons (Fsp3) is 0.400. The first-order valence-corrected chi connectivity index (χ1v) is 8.60. The van der Waals surface area contributed by atoms with E-state index >= 15 is 0 Å². The number of hydrogen-bond donors (Lipinski definition) is 2. The van der Waals surface area contributed by atoms with Crippen LogP contribution < -0.4 is 29.6 Å². The molecule has 0 spiro atoms. The van der Waals surface area contributed by atoms with Crippen molar-refractivity contribution in [2.24, 2.45) is 0 Å². The monoisotopic (exact) mass is 358 g/mol. The molecule has 2 aromatic rings. The molecule has 2 atom stereocenters. The minimum atomic E-state index is 0.138. The van der Waals surface area contributed by atoms with E-state index in [-0.39, 0.29) is 6.04 Å². The van der Waals surface area contributed by atoms with E-state index in [9.17, 15) is 0 Å². The summed E-state index contributed by atoms with van der Waals surface area (Å²) in [5.41, 5.74) is 3.18. The molecule has 6 nitrogen and oxygen atoms in total. The van der Waals surface area contributed by atoms with Gasteiger partial charge in [0.2, 0.25) is 0 Å². The van der Waals surface area contributed by atoms with Gasteiger partial charge in [0.05, 0.1) is 34.5 Å². The molecule has 2 aromatic carbocycles. The van der Waals surface area contributed by atoms with Gasteiger partial charge in [-0.05, 0) is 31.5 Å². The molecule has 2 N–H and O–H groups in total. The van der Waals surface area contributed by atoms with Crippen molar-refractivity contribution in [2.45, 2.75) is 25.4 Å². The maximum absolute atomic E-state index is 5.48. The van der Waals surface area contributed by atoms with Crippen LogP contribution in [0.25, 0.3) is 0 Å². The molecule has 1 aliphatic heterocycles. The van der Waals surface area contributed by atoms with Gasteiger partial charge in [-0.2, -0.15) is 0 Å². The van der Waals surface area contributed by atoms with Crippen molar-refractivity contribution in [3.05, 3.63) is 35.9 Å². The minimum Gasteiger partial charge on any atom is -0.493 e. The zero-order chi connectivity index (χ0) is 18.7. The second-order valence-electron chi connectivity index (χ2n) is 6.34. The van der Waals surface area contributed by atoms with E-state index in [4.69, 9.17) is 18.9 Å². The van der Waals surface area contributed by atoms with Gasteiger partial charge in [0.25, 0.3) is 0 Å². The average molecular weight is 358 g/mol. The second-order valence-corrected chi connectivity index (χ2v) is 6.34. The fourth-order valence-electron chi connectivity index (χ4n) is 3.38. The van der Waals surface area contributed by atoms with Gasteiger partial charge in [-0.3, -0.25) is 0 Å². The van der Waals surface area contributed by atoms with Crippen molar-refractivity contribution in [3.63, 3.8) is 0 Å². The number of nitrogens with one attached hydrogen (secondary N) is 2. The Balaban J connectivity index is 1.94. The van der Waals surface area contributed by atoms with Crippen LogP contribution in [0, 0.1) is 0 Å². The number of anilines is 2. The molecule has 0 saturated heterocycles. The lowest BCUT2D eigenvalue weighted by atomic mass is 9.92. The highest BCUT2D eigenvalue weighted by Gasteiger charge is 2.26. The highest BCUT2D eigenvalue weighted by atomic mass is 16.5. The lowest BCUT2D eigenvalue weighted by Gasteiger charge is -2.33. The molecular weight excluding hydrogens is 332 g/mol. The quantitative estimate of drug-likeness (QED) is 0.811. The van der Waals surface area contributed by atoms with Crippen LogP contribution in [0.5, 0.6) is 23.0 Å². The molecule has 6 heteroatoms. The van der Waals surface area contributed by atoms with E-state index in [1.807, 2.05) is 30.3 Å². The number of ether oxygens (including phenoxy) is 4. The maximum Gasteiger partial charge on any atom is 0.162 e. The Bertz CT molecular complexity index is 779. The standard InChI is InChI=1S/C20H26N2O4/c1-12-8-15(22-13-6-7-17(23-2)18(9-13)24-3)14-10-19(25-4)20(26-5)11-16(14)21-12/h6-7,9-12,15,21-22H,8H2,1-5H3/t12-,15+/m0/s1. The SMILES string of the molecule is COc1ccc(N[C@@H]2C[C@H](C)Nc3cc(OC)c(OC)cc32)cc1OC. The second kappa shape index (κ2) is 7.64. The molecule has 0 saturated carbocycles. The first-order chi connectivity index (χ1) is 12.6. The Morgan fingerprint density at radius 3 is 2.12 bits per heavy atom. The highest BCUT2D eigenvalue weighted by Crippen LogP contribution is 2.42. The van der Waals surface area contributed by atoms with Gasteiger partial charge in [0.1, 0.15) is 0 Å². The van der Waals surface area contributed by atoms with Crippen molar-refractivity contribution in [3.8, 4) is 23.0 Å². The third-order valence-electron chi connectivity index (χ3n) is 4.65. The summed E-state index contributed by atoms with van der Waals surface area (Å²) in [6, 6.07) is 10.3. The van der Waals surface area contributed by atoms with Crippen molar-refractivity contribution >= 4 is 11.4 Å². The molecular formula is C20H26N2O4. The maximum atomic E-state index is 5.48. The molecule has 0 amide bonds. The molecule has 0 unspecified atom stereocenters. The van der Waals surface area contributed by atoms with E-state index in [1.54, 1.807) is 28.4 Å².